The lowest BCUT2D eigenvalue weighted by molar-refractivity contribution is -0.121. The number of nitrogens with two attached hydrogens (primary N) is 1. The molecular weight excluding hydrogens is 202 g/mol. The molecule has 0 saturated carbocycles. The van der Waals surface area contributed by atoms with Crippen molar-refractivity contribution in [3.05, 3.63) is 35.9 Å². The van der Waals surface area contributed by atoms with Crippen LogP contribution >= 0.6 is 0 Å². The Morgan fingerprint density at radius 3 is 2.75 bits per heavy atom. The van der Waals surface area contributed by atoms with Crippen molar-refractivity contribution < 1.29 is 4.79 Å². The lowest BCUT2D eigenvalue weighted by Crippen LogP contribution is -2.24. The predicted molar refractivity (Wildman–Crippen MR) is 61.2 cm³/mol. The van der Waals surface area contributed by atoms with Crippen molar-refractivity contribution in [1.29, 1.82) is 5.26 Å². The summed E-state index contributed by atoms with van der Waals surface area (Å²) < 4.78 is 0. The molecule has 0 heterocycles. The largest absolute Gasteiger partial charge is 0.343 e. The minimum absolute atomic E-state index is 0.0550. The number of rotatable bonds is 5. The summed E-state index contributed by atoms with van der Waals surface area (Å²) in [5.74, 6) is -0.132. The molecule has 0 radical (unpaired) electrons. The number of carbonyl (C=O) groups excluding carboxylic acids is 1. The molecule has 1 unspecified atom stereocenters. The van der Waals surface area contributed by atoms with Crippen molar-refractivity contribution in [2.24, 2.45) is 5.73 Å². The van der Waals surface area contributed by atoms with Gasteiger partial charge in [-0.15, -0.1) is 0 Å². The van der Waals surface area contributed by atoms with Crippen LogP contribution in [-0.2, 0) is 4.79 Å². The van der Waals surface area contributed by atoms with Crippen LogP contribution in [0.15, 0.2) is 30.3 Å². The van der Waals surface area contributed by atoms with Gasteiger partial charge in [0.05, 0.1) is 6.07 Å². The van der Waals surface area contributed by atoms with Crippen LogP contribution in [0.25, 0.3) is 0 Å². The summed E-state index contributed by atoms with van der Waals surface area (Å²) in [6, 6.07) is 11.4. The number of amides is 1. The fraction of sp³-hybridized carbons (Fsp3) is 0.333. The number of benzene rings is 1. The standard InChI is InChI=1S/C12H15N3O/c13-8-9-15-12(16)7-6-11(14)10-4-2-1-3-5-10/h1-5,11H,6-7,9,14H2,(H,15,16). The van der Waals surface area contributed by atoms with E-state index in [2.05, 4.69) is 5.32 Å². The van der Waals surface area contributed by atoms with Crippen LogP contribution in [0.1, 0.15) is 24.4 Å². The Balaban J connectivity index is 2.33. The minimum atomic E-state index is -0.132. The van der Waals surface area contributed by atoms with Crippen molar-refractivity contribution in [1.82, 2.24) is 5.32 Å². The van der Waals surface area contributed by atoms with Gasteiger partial charge in [0, 0.05) is 12.5 Å². The predicted octanol–water partition coefficient (Wildman–Crippen LogP) is 1.11. The van der Waals surface area contributed by atoms with E-state index in [1.807, 2.05) is 36.4 Å². The molecule has 1 aromatic rings. The van der Waals surface area contributed by atoms with E-state index in [0.29, 0.717) is 12.8 Å². The number of hydrogen-bond donors (Lipinski definition) is 2. The van der Waals surface area contributed by atoms with Crippen LogP contribution in [0.5, 0.6) is 0 Å². The lowest BCUT2D eigenvalue weighted by atomic mass is 10.0. The molecule has 0 spiro atoms. The van der Waals surface area contributed by atoms with Crippen molar-refractivity contribution >= 4 is 5.91 Å². The number of nitrogens with zero attached hydrogens (tertiary/aromatic N) is 1. The maximum Gasteiger partial charge on any atom is 0.220 e. The van der Waals surface area contributed by atoms with Crippen LogP contribution < -0.4 is 11.1 Å². The molecule has 0 aliphatic carbocycles. The molecular formula is C12H15N3O. The third kappa shape index (κ3) is 4.11. The maximum absolute atomic E-state index is 11.2. The Morgan fingerprint density at radius 2 is 2.12 bits per heavy atom. The van der Waals surface area contributed by atoms with Gasteiger partial charge in [0.15, 0.2) is 0 Å². The third-order valence-corrected chi connectivity index (χ3v) is 2.27. The van der Waals surface area contributed by atoms with E-state index in [4.69, 9.17) is 11.0 Å². The first-order valence-electron chi connectivity index (χ1n) is 5.18. The summed E-state index contributed by atoms with van der Waals surface area (Å²) in [6.45, 7) is 0.0550. The van der Waals surface area contributed by atoms with Gasteiger partial charge in [-0.25, -0.2) is 0 Å². The molecule has 16 heavy (non-hydrogen) atoms. The van der Waals surface area contributed by atoms with Crippen LogP contribution in [0.4, 0.5) is 0 Å². The van der Waals surface area contributed by atoms with Gasteiger partial charge in [-0.1, -0.05) is 30.3 Å². The van der Waals surface area contributed by atoms with Crippen molar-refractivity contribution in [3.63, 3.8) is 0 Å². The quantitative estimate of drug-likeness (QED) is 0.725. The van der Waals surface area contributed by atoms with Crippen molar-refractivity contribution in [2.45, 2.75) is 18.9 Å². The number of nitriles is 1. The second kappa shape index (κ2) is 6.59. The van der Waals surface area contributed by atoms with Gasteiger partial charge in [0.25, 0.3) is 0 Å². The number of carbonyl (C=O) groups is 1. The Labute approximate surface area is 95.1 Å². The second-order valence-electron chi connectivity index (χ2n) is 3.49. The Kier molecular flexibility index (Phi) is 5.03. The average Bonchev–Trinajstić information content (AvgIpc) is 2.34. The molecule has 1 rings (SSSR count). The highest BCUT2D eigenvalue weighted by molar-refractivity contribution is 5.76. The van der Waals surface area contributed by atoms with Gasteiger partial charge >= 0.3 is 0 Å². The molecule has 84 valence electrons. The summed E-state index contributed by atoms with van der Waals surface area (Å²) in [6.07, 6.45) is 0.930. The lowest BCUT2D eigenvalue weighted by Gasteiger charge is -2.11. The smallest absolute Gasteiger partial charge is 0.220 e. The van der Waals surface area contributed by atoms with Gasteiger partial charge in [-0.2, -0.15) is 5.26 Å². The zero-order valence-corrected chi connectivity index (χ0v) is 9.02. The topological polar surface area (TPSA) is 78.9 Å². The highest BCUT2D eigenvalue weighted by atomic mass is 16.1. The molecule has 1 aromatic carbocycles. The molecule has 1 atom stereocenters. The summed E-state index contributed by atoms with van der Waals surface area (Å²) in [5.41, 5.74) is 6.95. The summed E-state index contributed by atoms with van der Waals surface area (Å²) in [7, 11) is 0. The molecule has 4 nitrogen and oxygen atoms in total. The van der Waals surface area contributed by atoms with Crippen molar-refractivity contribution in [3.8, 4) is 6.07 Å². The zero-order valence-electron chi connectivity index (χ0n) is 9.02. The fourth-order valence-electron chi connectivity index (χ4n) is 1.38. The van der Waals surface area contributed by atoms with E-state index >= 15 is 0 Å². The first kappa shape index (κ1) is 12.2. The Hall–Kier alpha value is -1.86. The van der Waals surface area contributed by atoms with Crippen LogP contribution in [0.2, 0.25) is 0 Å². The van der Waals surface area contributed by atoms with Gasteiger partial charge in [-0.3, -0.25) is 4.79 Å². The average molecular weight is 217 g/mol. The summed E-state index contributed by atoms with van der Waals surface area (Å²) in [4.78, 5) is 11.2. The molecule has 1 amide bonds. The minimum Gasteiger partial charge on any atom is -0.343 e. The van der Waals surface area contributed by atoms with Gasteiger partial charge in [-0.05, 0) is 12.0 Å². The van der Waals surface area contributed by atoms with Gasteiger partial charge < -0.3 is 11.1 Å². The highest BCUT2D eigenvalue weighted by Crippen LogP contribution is 2.14. The first-order valence-corrected chi connectivity index (χ1v) is 5.18. The van der Waals surface area contributed by atoms with E-state index in [9.17, 15) is 4.79 Å². The molecule has 4 heteroatoms. The molecule has 0 saturated heterocycles. The second-order valence-corrected chi connectivity index (χ2v) is 3.49. The fourth-order valence-corrected chi connectivity index (χ4v) is 1.38. The van der Waals surface area contributed by atoms with Crippen molar-refractivity contribution in [2.75, 3.05) is 6.54 Å². The third-order valence-electron chi connectivity index (χ3n) is 2.27. The van der Waals surface area contributed by atoms with Gasteiger partial charge in [0.2, 0.25) is 5.91 Å². The van der Waals surface area contributed by atoms with Gasteiger partial charge in [0.1, 0.15) is 6.54 Å². The number of hydrogen-bond acceptors (Lipinski definition) is 3. The number of nitrogens with one attached hydrogen (secondary N) is 1. The normalized spacial score (nSPS) is 11.5. The van der Waals surface area contributed by atoms with E-state index in [-0.39, 0.29) is 18.5 Å². The maximum atomic E-state index is 11.2. The van der Waals surface area contributed by atoms with Crippen LogP contribution in [0.3, 0.4) is 0 Å². The molecule has 0 bridgehead atoms. The van der Waals surface area contributed by atoms with E-state index in [0.717, 1.165) is 5.56 Å². The molecule has 0 aliphatic heterocycles. The van der Waals surface area contributed by atoms with E-state index in [1.165, 1.54) is 0 Å². The Morgan fingerprint density at radius 1 is 1.44 bits per heavy atom. The summed E-state index contributed by atoms with van der Waals surface area (Å²) in [5, 5.41) is 10.8. The van der Waals surface area contributed by atoms with Crippen LogP contribution in [0, 0.1) is 11.3 Å². The van der Waals surface area contributed by atoms with Crippen LogP contribution in [-0.4, -0.2) is 12.5 Å². The molecule has 0 aromatic heterocycles. The summed E-state index contributed by atoms with van der Waals surface area (Å²) >= 11 is 0. The highest BCUT2D eigenvalue weighted by Gasteiger charge is 2.08. The first-order chi connectivity index (χ1) is 7.74. The van der Waals surface area contributed by atoms with E-state index in [1.54, 1.807) is 0 Å². The molecule has 0 aliphatic rings. The Bertz CT molecular complexity index is 370. The monoisotopic (exact) mass is 217 g/mol. The van der Waals surface area contributed by atoms with E-state index < -0.39 is 0 Å². The molecule has 3 N–H and O–H groups in total. The molecule has 0 fully saturated rings. The zero-order chi connectivity index (χ0) is 11.8. The SMILES string of the molecule is N#CCNC(=O)CCC(N)c1ccccc1.